The molecule has 4 rings (SSSR count). The summed E-state index contributed by atoms with van der Waals surface area (Å²) in [6, 6.07) is 5.78. The number of morpholine rings is 1. The smallest absolute Gasteiger partial charge is 0.228 e. The third-order valence-electron chi connectivity index (χ3n) is 5.21. The largest absolute Gasteiger partial charge is 0.378 e. The summed E-state index contributed by atoms with van der Waals surface area (Å²) in [6.07, 6.45) is 3.06. The van der Waals surface area contributed by atoms with Crippen LogP contribution >= 0.6 is 0 Å². The van der Waals surface area contributed by atoms with Gasteiger partial charge in [-0.05, 0) is 31.9 Å². The Morgan fingerprint density at radius 3 is 2.50 bits per heavy atom. The first kappa shape index (κ1) is 18.5. The quantitative estimate of drug-likeness (QED) is 0.843. The molecule has 0 unspecified atom stereocenters. The van der Waals surface area contributed by atoms with Gasteiger partial charge in [0.15, 0.2) is 5.82 Å². The first-order valence-corrected chi connectivity index (χ1v) is 9.70. The van der Waals surface area contributed by atoms with E-state index in [2.05, 4.69) is 35.3 Å². The Morgan fingerprint density at radius 2 is 1.79 bits per heavy atom. The van der Waals surface area contributed by atoms with Gasteiger partial charge in [-0.15, -0.1) is 5.10 Å². The third-order valence-corrected chi connectivity index (χ3v) is 5.21. The van der Waals surface area contributed by atoms with Crippen molar-refractivity contribution in [1.82, 2.24) is 20.2 Å². The van der Waals surface area contributed by atoms with Gasteiger partial charge in [0.1, 0.15) is 18.0 Å². The number of hydrogen-bond donors (Lipinski definition) is 1. The van der Waals surface area contributed by atoms with Gasteiger partial charge in [-0.25, -0.2) is 9.97 Å². The molecular weight excluding hydrogens is 358 g/mol. The summed E-state index contributed by atoms with van der Waals surface area (Å²) in [4.78, 5) is 25.5. The van der Waals surface area contributed by atoms with Crippen LogP contribution in [0.2, 0.25) is 0 Å². The van der Waals surface area contributed by atoms with Crippen molar-refractivity contribution in [1.29, 1.82) is 0 Å². The molecule has 1 amide bonds. The summed E-state index contributed by atoms with van der Waals surface area (Å²) in [5.74, 6) is 2.22. The minimum Gasteiger partial charge on any atom is -0.378 e. The molecule has 0 aliphatic carbocycles. The fraction of sp³-hybridized carbons (Fsp3) is 0.526. The second-order valence-corrected chi connectivity index (χ2v) is 7.14. The maximum Gasteiger partial charge on any atom is 0.228 e. The number of amides is 1. The number of anilines is 3. The maximum absolute atomic E-state index is 12.7. The lowest BCUT2D eigenvalue weighted by Crippen LogP contribution is -2.39. The highest BCUT2D eigenvalue weighted by Gasteiger charge is 2.26. The molecule has 2 aliphatic rings. The predicted molar refractivity (Wildman–Crippen MR) is 105 cm³/mol. The molecule has 0 spiro atoms. The Morgan fingerprint density at radius 1 is 1.04 bits per heavy atom. The SMILES string of the molecule is Cc1ccc(N2CCC(C(=O)Nc3cc(N4CCOCC4)ncn3)CC2)nn1. The predicted octanol–water partition coefficient (Wildman–Crippen LogP) is 1.27. The van der Waals surface area contributed by atoms with E-state index in [0.29, 0.717) is 19.0 Å². The van der Waals surface area contributed by atoms with Gasteiger partial charge in [-0.3, -0.25) is 4.79 Å². The number of nitrogens with one attached hydrogen (secondary N) is 1. The van der Waals surface area contributed by atoms with Crippen LogP contribution in [0.25, 0.3) is 0 Å². The van der Waals surface area contributed by atoms with E-state index in [-0.39, 0.29) is 11.8 Å². The van der Waals surface area contributed by atoms with Crippen molar-refractivity contribution in [2.45, 2.75) is 19.8 Å². The van der Waals surface area contributed by atoms with Crippen LogP contribution in [-0.4, -0.2) is 65.5 Å². The monoisotopic (exact) mass is 383 g/mol. The zero-order valence-corrected chi connectivity index (χ0v) is 16.0. The van der Waals surface area contributed by atoms with Crippen LogP contribution in [0.1, 0.15) is 18.5 Å². The number of aryl methyl sites for hydroxylation is 1. The summed E-state index contributed by atoms with van der Waals surface area (Å²) >= 11 is 0. The minimum atomic E-state index is -0.0311. The fourth-order valence-electron chi connectivity index (χ4n) is 3.54. The first-order chi connectivity index (χ1) is 13.7. The van der Waals surface area contributed by atoms with E-state index < -0.39 is 0 Å². The number of ether oxygens (including phenoxy) is 1. The van der Waals surface area contributed by atoms with Crippen LogP contribution < -0.4 is 15.1 Å². The fourth-order valence-corrected chi connectivity index (χ4v) is 3.54. The first-order valence-electron chi connectivity index (χ1n) is 9.70. The summed E-state index contributed by atoms with van der Waals surface area (Å²) in [7, 11) is 0. The van der Waals surface area contributed by atoms with Gasteiger partial charge >= 0.3 is 0 Å². The van der Waals surface area contributed by atoms with Crippen molar-refractivity contribution in [2.75, 3.05) is 54.5 Å². The molecule has 9 nitrogen and oxygen atoms in total. The third kappa shape index (κ3) is 4.36. The van der Waals surface area contributed by atoms with E-state index in [4.69, 9.17) is 4.74 Å². The van der Waals surface area contributed by atoms with E-state index in [1.54, 1.807) is 0 Å². The molecule has 4 heterocycles. The molecule has 1 N–H and O–H groups in total. The lowest BCUT2D eigenvalue weighted by molar-refractivity contribution is -0.120. The Kier molecular flexibility index (Phi) is 5.61. The zero-order chi connectivity index (χ0) is 19.3. The van der Waals surface area contributed by atoms with E-state index >= 15 is 0 Å². The lowest BCUT2D eigenvalue weighted by atomic mass is 9.96. The van der Waals surface area contributed by atoms with E-state index in [9.17, 15) is 4.79 Å². The lowest BCUT2D eigenvalue weighted by Gasteiger charge is -2.31. The van der Waals surface area contributed by atoms with E-state index in [0.717, 1.165) is 56.4 Å². The summed E-state index contributed by atoms with van der Waals surface area (Å²) in [5.41, 5.74) is 0.902. The van der Waals surface area contributed by atoms with E-state index in [1.165, 1.54) is 6.33 Å². The number of aromatic nitrogens is 4. The molecule has 0 bridgehead atoms. The van der Waals surface area contributed by atoms with Crippen molar-refractivity contribution < 1.29 is 9.53 Å². The number of carbonyl (C=O) groups is 1. The number of rotatable bonds is 4. The average molecular weight is 383 g/mol. The van der Waals surface area contributed by atoms with Gasteiger partial charge in [-0.1, -0.05) is 0 Å². The van der Waals surface area contributed by atoms with Crippen LogP contribution in [-0.2, 0) is 9.53 Å². The number of carbonyl (C=O) groups excluding carboxylic acids is 1. The van der Waals surface area contributed by atoms with Gasteiger partial charge in [0.25, 0.3) is 0 Å². The van der Waals surface area contributed by atoms with Crippen molar-refractivity contribution in [3.05, 3.63) is 30.2 Å². The van der Waals surface area contributed by atoms with Crippen molar-refractivity contribution in [3.63, 3.8) is 0 Å². The Hall–Kier alpha value is -2.81. The molecule has 28 heavy (non-hydrogen) atoms. The molecule has 2 aliphatic heterocycles. The van der Waals surface area contributed by atoms with Crippen molar-refractivity contribution >= 4 is 23.4 Å². The molecule has 9 heteroatoms. The molecule has 2 fully saturated rings. The molecule has 148 valence electrons. The maximum atomic E-state index is 12.7. The molecule has 0 atom stereocenters. The number of nitrogens with zero attached hydrogens (tertiary/aromatic N) is 6. The van der Waals surface area contributed by atoms with Gasteiger partial charge in [0.05, 0.1) is 18.9 Å². The highest BCUT2D eigenvalue weighted by atomic mass is 16.5. The van der Waals surface area contributed by atoms with Crippen LogP contribution in [0.3, 0.4) is 0 Å². The van der Waals surface area contributed by atoms with Gasteiger partial charge in [0.2, 0.25) is 5.91 Å². The second kappa shape index (κ2) is 8.47. The molecule has 2 aromatic heterocycles. The second-order valence-electron chi connectivity index (χ2n) is 7.14. The molecule has 0 radical (unpaired) electrons. The number of piperidine rings is 1. The molecule has 2 aromatic rings. The van der Waals surface area contributed by atoms with Gasteiger partial charge in [-0.2, -0.15) is 5.10 Å². The molecule has 0 aromatic carbocycles. The van der Waals surface area contributed by atoms with Crippen LogP contribution in [0.15, 0.2) is 24.5 Å². The highest BCUT2D eigenvalue weighted by Crippen LogP contribution is 2.23. The summed E-state index contributed by atoms with van der Waals surface area (Å²) in [6.45, 7) is 6.48. The zero-order valence-electron chi connectivity index (χ0n) is 16.0. The van der Waals surface area contributed by atoms with Crippen LogP contribution in [0.4, 0.5) is 17.5 Å². The van der Waals surface area contributed by atoms with Crippen molar-refractivity contribution in [3.8, 4) is 0 Å². The number of hydrogen-bond acceptors (Lipinski definition) is 8. The topological polar surface area (TPSA) is 96.4 Å². The normalized spacial score (nSPS) is 18.2. The molecule has 2 saturated heterocycles. The standard InChI is InChI=1S/C19H25N7O2/c1-14-2-3-17(24-23-14)25-6-4-15(5-7-25)19(27)22-16-12-18(21-13-20-16)26-8-10-28-11-9-26/h2-3,12-13,15H,4-11H2,1H3,(H,20,21,22,27). The summed E-state index contributed by atoms with van der Waals surface area (Å²) < 4.78 is 5.37. The summed E-state index contributed by atoms with van der Waals surface area (Å²) in [5, 5.41) is 11.3. The van der Waals surface area contributed by atoms with Gasteiger partial charge in [0, 0.05) is 38.2 Å². The minimum absolute atomic E-state index is 0.0151. The molecular formula is C19H25N7O2. The van der Waals surface area contributed by atoms with Crippen molar-refractivity contribution in [2.24, 2.45) is 5.92 Å². The highest BCUT2D eigenvalue weighted by molar-refractivity contribution is 5.92. The Labute approximate surface area is 164 Å². The average Bonchev–Trinajstić information content (AvgIpc) is 2.75. The van der Waals surface area contributed by atoms with Crippen LogP contribution in [0.5, 0.6) is 0 Å². The molecule has 0 saturated carbocycles. The van der Waals surface area contributed by atoms with E-state index in [1.807, 2.05) is 25.1 Å². The Bertz CT molecular complexity index is 800. The van der Waals surface area contributed by atoms with Gasteiger partial charge < -0.3 is 19.9 Å². The van der Waals surface area contributed by atoms with Crippen LogP contribution in [0, 0.1) is 12.8 Å². The Balaban J connectivity index is 1.32.